The van der Waals surface area contributed by atoms with E-state index in [1.807, 2.05) is 0 Å². The van der Waals surface area contributed by atoms with Gasteiger partial charge in [0.1, 0.15) is 12.7 Å². The Balaban J connectivity index is 6.09. The van der Waals surface area contributed by atoms with Crippen LogP contribution in [0.25, 0.3) is 0 Å². The van der Waals surface area contributed by atoms with Gasteiger partial charge in [0.15, 0.2) is 6.61 Å². The molecule has 0 saturated heterocycles. The van der Waals surface area contributed by atoms with Crippen molar-refractivity contribution in [2.24, 2.45) is 0 Å². The van der Waals surface area contributed by atoms with E-state index in [1.165, 1.54) is 0 Å². The van der Waals surface area contributed by atoms with E-state index in [0.717, 1.165) is 6.92 Å². The lowest BCUT2D eigenvalue weighted by atomic mass is 9.88. The highest BCUT2D eigenvalue weighted by Crippen LogP contribution is 2.59. The molecule has 0 heterocycles. The average molecular weight is 534 g/mol. The van der Waals surface area contributed by atoms with Crippen molar-refractivity contribution < 1.29 is 80.9 Å². The molecule has 1 atom stereocenters. The van der Waals surface area contributed by atoms with Gasteiger partial charge in [0.2, 0.25) is 0 Å². The van der Waals surface area contributed by atoms with Crippen molar-refractivity contribution in [1.82, 2.24) is 0 Å². The zero-order valence-corrected chi connectivity index (χ0v) is 16.9. The molecule has 0 spiro atoms. The van der Waals surface area contributed by atoms with E-state index in [1.54, 1.807) is 0 Å². The van der Waals surface area contributed by atoms with Crippen molar-refractivity contribution >= 4 is 12.1 Å². The van der Waals surface area contributed by atoms with Gasteiger partial charge in [0, 0.05) is 12.5 Å². The van der Waals surface area contributed by atoms with Gasteiger partial charge in [-0.05, 0) is 6.92 Å². The Morgan fingerprint density at radius 2 is 1.26 bits per heavy atom. The predicted molar refractivity (Wildman–Crippen MR) is 83.1 cm³/mol. The van der Waals surface area contributed by atoms with Crippen molar-refractivity contribution in [2.75, 3.05) is 13.2 Å². The fourth-order valence-electron chi connectivity index (χ4n) is 1.97. The van der Waals surface area contributed by atoms with Gasteiger partial charge in [-0.25, -0.2) is 22.8 Å². The maximum absolute atomic E-state index is 14.0. The first-order valence-electron chi connectivity index (χ1n) is 8.42. The Bertz CT molecular complexity index is 738. The summed E-state index contributed by atoms with van der Waals surface area (Å²) in [5.41, 5.74) is -8.26. The van der Waals surface area contributed by atoms with Crippen LogP contribution in [-0.2, 0) is 19.0 Å². The molecule has 0 aliphatic rings. The summed E-state index contributed by atoms with van der Waals surface area (Å²) in [4.78, 5) is 22.6. The minimum atomic E-state index is -7.78. The molecule has 0 aliphatic carbocycles. The van der Waals surface area contributed by atoms with Gasteiger partial charge in [-0.2, -0.15) is 43.9 Å². The van der Waals surface area contributed by atoms with E-state index in [4.69, 9.17) is 0 Å². The normalized spacial score (nSPS) is 14.9. The third-order valence-corrected chi connectivity index (χ3v) is 3.61. The zero-order chi connectivity index (χ0) is 27.6. The van der Waals surface area contributed by atoms with E-state index in [-0.39, 0.29) is 6.92 Å². The Morgan fingerprint density at radius 1 is 0.824 bits per heavy atom. The summed E-state index contributed by atoms with van der Waals surface area (Å²) in [5.74, 6) is -19.4. The molecular weight excluding hydrogens is 519 g/mol. The van der Waals surface area contributed by atoms with E-state index in [9.17, 15) is 66.7 Å². The Kier molecular flexibility index (Phi) is 9.33. The number of hydrogen-bond acceptors (Lipinski definition) is 5. The Hall–Kier alpha value is -2.43. The summed E-state index contributed by atoms with van der Waals surface area (Å²) in [6.45, 7) is 0.601. The highest BCUT2D eigenvalue weighted by atomic mass is 19.4. The van der Waals surface area contributed by atoms with Crippen LogP contribution in [0.5, 0.6) is 0 Å². The molecule has 200 valence electrons. The van der Waals surface area contributed by atoms with Crippen molar-refractivity contribution in [3.8, 4) is 0 Å². The number of rotatable bonds is 10. The maximum Gasteiger partial charge on any atom is 0.508 e. The van der Waals surface area contributed by atoms with Crippen molar-refractivity contribution in [1.29, 1.82) is 0 Å². The van der Waals surface area contributed by atoms with Gasteiger partial charge < -0.3 is 14.2 Å². The van der Waals surface area contributed by atoms with E-state index in [2.05, 4.69) is 20.8 Å². The Morgan fingerprint density at radius 3 is 1.62 bits per heavy atom. The van der Waals surface area contributed by atoms with Crippen LogP contribution in [0.15, 0.2) is 12.2 Å². The molecule has 1 unspecified atom stereocenters. The molecule has 0 N–H and O–H groups in total. The van der Waals surface area contributed by atoms with Crippen LogP contribution < -0.4 is 0 Å². The van der Waals surface area contributed by atoms with Crippen molar-refractivity contribution in [3.05, 3.63) is 12.2 Å². The highest BCUT2D eigenvalue weighted by Gasteiger charge is 2.90. The fraction of sp³-hybridized carbons (Fsp3) is 0.750. The van der Waals surface area contributed by atoms with Crippen molar-refractivity contribution in [2.45, 2.75) is 62.2 Å². The summed E-state index contributed by atoms with van der Waals surface area (Å²) in [7, 11) is 0. The minimum Gasteiger partial charge on any atom is -0.458 e. The standard InChI is InChI=1S/C16H15F13O5/c1-7(2)9(30)32-5-8(34-10(31)33-6-11(3,17)18)4-12(19,20)14(22,23)13(21,15(24,25)26)16(27,28)29/h8H,1,4-6H2,2-3H3. The van der Waals surface area contributed by atoms with Gasteiger partial charge in [0.05, 0.1) is 6.42 Å². The fourth-order valence-corrected chi connectivity index (χ4v) is 1.97. The molecule has 18 heteroatoms. The molecule has 0 fully saturated rings. The van der Waals surface area contributed by atoms with Crippen LogP contribution >= 0.6 is 0 Å². The molecule has 0 aromatic carbocycles. The monoisotopic (exact) mass is 534 g/mol. The molecule has 0 rings (SSSR count). The van der Waals surface area contributed by atoms with Crippen LogP contribution in [0.4, 0.5) is 61.9 Å². The Labute approximate surface area is 181 Å². The third-order valence-electron chi connectivity index (χ3n) is 3.61. The number of ether oxygens (including phenoxy) is 3. The van der Waals surface area contributed by atoms with Crippen LogP contribution in [0.2, 0.25) is 0 Å². The smallest absolute Gasteiger partial charge is 0.458 e. The molecule has 0 aliphatic heterocycles. The summed E-state index contributed by atoms with van der Waals surface area (Å²) in [6.07, 6.45) is -23.6. The predicted octanol–water partition coefficient (Wildman–Crippen LogP) is 5.78. The second kappa shape index (κ2) is 10.1. The highest BCUT2D eigenvalue weighted by molar-refractivity contribution is 5.86. The maximum atomic E-state index is 14.0. The molecule has 0 aromatic rings. The first-order chi connectivity index (χ1) is 14.8. The minimum absolute atomic E-state index is 0.177. The van der Waals surface area contributed by atoms with Gasteiger partial charge in [-0.3, -0.25) is 0 Å². The van der Waals surface area contributed by atoms with Gasteiger partial charge in [-0.15, -0.1) is 0 Å². The number of carbonyl (C=O) groups excluding carboxylic acids is 2. The number of hydrogen-bond donors (Lipinski definition) is 0. The molecule has 0 bridgehead atoms. The van der Waals surface area contributed by atoms with Gasteiger partial charge in [0.25, 0.3) is 5.92 Å². The van der Waals surface area contributed by atoms with Crippen LogP contribution in [0.3, 0.4) is 0 Å². The molecular formula is C16H15F13O5. The molecule has 5 nitrogen and oxygen atoms in total. The van der Waals surface area contributed by atoms with Crippen LogP contribution in [0.1, 0.15) is 20.3 Å². The second-order valence-electron chi connectivity index (χ2n) is 6.86. The largest absolute Gasteiger partial charge is 0.508 e. The molecule has 0 radical (unpaired) electrons. The summed E-state index contributed by atoms with van der Waals surface area (Å²) >= 11 is 0. The molecule has 0 saturated carbocycles. The van der Waals surface area contributed by atoms with E-state index < -0.39 is 79.2 Å². The zero-order valence-electron chi connectivity index (χ0n) is 16.9. The summed E-state index contributed by atoms with van der Waals surface area (Å²) < 4.78 is 182. The SMILES string of the molecule is C=C(C)C(=O)OCC(CC(F)(F)C(F)(F)C(F)(C(F)(F)F)C(F)(F)F)OC(=O)OCC(C)(F)F. The number of carbonyl (C=O) groups is 2. The summed E-state index contributed by atoms with van der Waals surface area (Å²) in [5, 5.41) is 0. The third kappa shape index (κ3) is 7.28. The lowest BCUT2D eigenvalue weighted by molar-refractivity contribution is -0.428. The number of esters is 1. The molecule has 34 heavy (non-hydrogen) atoms. The van der Waals surface area contributed by atoms with Crippen molar-refractivity contribution in [3.63, 3.8) is 0 Å². The van der Waals surface area contributed by atoms with Gasteiger partial charge >= 0.3 is 42.0 Å². The van der Waals surface area contributed by atoms with E-state index in [0.29, 0.717) is 0 Å². The first kappa shape index (κ1) is 31.6. The van der Waals surface area contributed by atoms with Crippen LogP contribution in [0, 0.1) is 0 Å². The first-order valence-corrected chi connectivity index (χ1v) is 8.42. The topological polar surface area (TPSA) is 61.8 Å². The summed E-state index contributed by atoms with van der Waals surface area (Å²) in [6, 6.07) is 0. The second-order valence-corrected chi connectivity index (χ2v) is 6.86. The quantitative estimate of drug-likeness (QED) is 0.202. The lowest BCUT2D eigenvalue weighted by Gasteiger charge is -2.40. The van der Waals surface area contributed by atoms with E-state index >= 15 is 0 Å². The van der Waals surface area contributed by atoms with Gasteiger partial charge in [-0.1, -0.05) is 6.58 Å². The number of halogens is 13. The molecule has 0 amide bonds. The van der Waals surface area contributed by atoms with Crippen LogP contribution in [-0.4, -0.2) is 67.2 Å². The lowest BCUT2D eigenvalue weighted by Crippen LogP contribution is -2.70. The molecule has 0 aromatic heterocycles. The number of alkyl halides is 13. The average Bonchev–Trinajstić information content (AvgIpc) is 2.60.